The quantitative estimate of drug-likeness (QED) is 0.413. The Kier molecular flexibility index (Phi) is 6.44. The molecule has 0 atom stereocenters. The monoisotopic (exact) mass is 385 g/mol. The molecule has 1 saturated heterocycles. The number of ether oxygens (including phenoxy) is 3. The van der Waals surface area contributed by atoms with Crippen molar-refractivity contribution in [2.45, 2.75) is 13.5 Å². The van der Waals surface area contributed by atoms with Crippen molar-refractivity contribution in [1.29, 1.82) is 0 Å². The van der Waals surface area contributed by atoms with E-state index >= 15 is 0 Å². The summed E-state index contributed by atoms with van der Waals surface area (Å²) in [5.74, 6) is 1.28. The second-order valence-electron chi connectivity index (χ2n) is 6.38. The fourth-order valence-electron chi connectivity index (χ4n) is 2.89. The van der Waals surface area contributed by atoms with E-state index in [2.05, 4.69) is 5.10 Å². The summed E-state index contributed by atoms with van der Waals surface area (Å²) in [5, 5.41) is 17.4. The maximum atomic E-state index is 10.9. The maximum absolute atomic E-state index is 10.9. The van der Waals surface area contributed by atoms with Crippen LogP contribution < -0.4 is 9.47 Å². The lowest BCUT2D eigenvalue weighted by atomic mass is 10.1. The van der Waals surface area contributed by atoms with Crippen molar-refractivity contribution in [2.75, 3.05) is 33.4 Å². The van der Waals surface area contributed by atoms with Crippen LogP contribution in [0.25, 0.3) is 0 Å². The molecule has 1 heterocycles. The van der Waals surface area contributed by atoms with Crippen LogP contribution in [0.15, 0.2) is 41.5 Å². The van der Waals surface area contributed by atoms with Crippen LogP contribution in [0.2, 0.25) is 0 Å². The molecule has 2 aromatic carbocycles. The molecule has 0 spiro atoms. The van der Waals surface area contributed by atoms with Gasteiger partial charge in [-0.15, -0.1) is 0 Å². The van der Waals surface area contributed by atoms with Gasteiger partial charge in [0.25, 0.3) is 5.69 Å². The first-order valence-electron chi connectivity index (χ1n) is 8.98. The highest BCUT2D eigenvalue weighted by molar-refractivity contribution is 5.80. The minimum absolute atomic E-state index is 0.0752. The standard InChI is InChI=1S/C20H23N3O5/c1-15-11-18(4-5-19(15)23(24)25)28-14-17-12-16(3-6-20(17)26-2)13-21-22-7-9-27-10-8-22/h3-6,11-13H,7-10,14H2,1-2H3/b21-13+. The van der Waals surface area contributed by atoms with Crippen LogP contribution in [0.1, 0.15) is 16.7 Å². The van der Waals surface area contributed by atoms with Crippen LogP contribution >= 0.6 is 0 Å². The minimum Gasteiger partial charge on any atom is -0.496 e. The zero-order chi connectivity index (χ0) is 19.9. The van der Waals surface area contributed by atoms with Gasteiger partial charge in [-0.25, -0.2) is 0 Å². The van der Waals surface area contributed by atoms with Crippen molar-refractivity contribution in [3.63, 3.8) is 0 Å². The number of nitrogens with zero attached hydrogens (tertiary/aromatic N) is 3. The Labute approximate surface area is 163 Å². The van der Waals surface area contributed by atoms with Gasteiger partial charge in [-0.1, -0.05) is 0 Å². The molecule has 0 amide bonds. The summed E-state index contributed by atoms with van der Waals surface area (Å²) >= 11 is 0. The van der Waals surface area contributed by atoms with Gasteiger partial charge in [-0.3, -0.25) is 15.1 Å². The second kappa shape index (κ2) is 9.18. The fourth-order valence-corrected chi connectivity index (χ4v) is 2.89. The number of methoxy groups -OCH3 is 1. The van der Waals surface area contributed by atoms with Gasteiger partial charge in [-0.2, -0.15) is 5.10 Å². The number of hydrogen-bond acceptors (Lipinski definition) is 7. The number of aryl methyl sites for hydroxylation is 1. The summed E-state index contributed by atoms with van der Waals surface area (Å²) in [6.07, 6.45) is 1.81. The average molecular weight is 385 g/mol. The Balaban J connectivity index is 1.70. The van der Waals surface area contributed by atoms with E-state index in [-0.39, 0.29) is 12.3 Å². The molecule has 1 fully saturated rings. The molecule has 0 bridgehead atoms. The maximum Gasteiger partial charge on any atom is 0.272 e. The molecular weight excluding hydrogens is 362 g/mol. The molecule has 0 radical (unpaired) electrons. The highest BCUT2D eigenvalue weighted by atomic mass is 16.6. The zero-order valence-electron chi connectivity index (χ0n) is 16.0. The first kappa shape index (κ1) is 19.6. The molecule has 148 valence electrons. The first-order valence-corrected chi connectivity index (χ1v) is 8.98. The van der Waals surface area contributed by atoms with Crippen LogP contribution in [0.5, 0.6) is 11.5 Å². The van der Waals surface area contributed by atoms with Crippen LogP contribution in [-0.4, -0.2) is 49.6 Å². The zero-order valence-corrected chi connectivity index (χ0v) is 16.0. The van der Waals surface area contributed by atoms with Crippen molar-refractivity contribution in [2.24, 2.45) is 5.10 Å². The van der Waals surface area contributed by atoms with Gasteiger partial charge in [0, 0.05) is 17.2 Å². The van der Waals surface area contributed by atoms with Gasteiger partial charge in [0.2, 0.25) is 0 Å². The largest absolute Gasteiger partial charge is 0.496 e. The van der Waals surface area contributed by atoms with Crippen molar-refractivity contribution in [1.82, 2.24) is 5.01 Å². The van der Waals surface area contributed by atoms with Gasteiger partial charge in [-0.05, 0) is 42.8 Å². The SMILES string of the molecule is COc1ccc(/C=N/N2CCOCC2)cc1COc1ccc([N+](=O)[O-])c(C)c1. The van der Waals surface area contributed by atoms with Gasteiger partial charge < -0.3 is 14.2 Å². The molecule has 28 heavy (non-hydrogen) atoms. The molecule has 1 aliphatic heterocycles. The first-order chi connectivity index (χ1) is 13.6. The summed E-state index contributed by atoms with van der Waals surface area (Å²) in [6, 6.07) is 10.5. The Morgan fingerprint density at radius 2 is 2.04 bits per heavy atom. The second-order valence-corrected chi connectivity index (χ2v) is 6.38. The molecule has 0 unspecified atom stereocenters. The van der Waals surface area contributed by atoms with E-state index in [9.17, 15) is 10.1 Å². The Hall–Kier alpha value is -3.13. The molecule has 1 aliphatic rings. The number of morpholine rings is 1. The normalized spacial score (nSPS) is 14.3. The summed E-state index contributed by atoms with van der Waals surface area (Å²) in [7, 11) is 1.61. The average Bonchev–Trinajstić information content (AvgIpc) is 2.71. The topological polar surface area (TPSA) is 86.4 Å². The van der Waals surface area contributed by atoms with Crippen molar-refractivity contribution >= 4 is 11.9 Å². The lowest BCUT2D eigenvalue weighted by Gasteiger charge is -2.23. The third kappa shape index (κ3) is 4.98. The lowest BCUT2D eigenvalue weighted by Crippen LogP contribution is -2.32. The van der Waals surface area contributed by atoms with Crippen LogP contribution in [0.4, 0.5) is 5.69 Å². The predicted octanol–water partition coefficient (Wildman–Crippen LogP) is 3.16. The van der Waals surface area contributed by atoms with E-state index in [0.29, 0.717) is 30.3 Å². The molecule has 0 aromatic heterocycles. The number of nitro benzene ring substituents is 1. The predicted molar refractivity (Wildman–Crippen MR) is 105 cm³/mol. The Morgan fingerprint density at radius 3 is 2.71 bits per heavy atom. The summed E-state index contributed by atoms with van der Waals surface area (Å²) in [4.78, 5) is 10.5. The van der Waals surface area contributed by atoms with E-state index in [1.165, 1.54) is 6.07 Å². The van der Waals surface area contributed by atoms with Gasteiger partial charge >= 0.3 is 0 Å². The molecule has 3 rings (SSSR count). The summed E-state index contributed by atoms with van der Waals surface area (Å²) in [6.45, 7) is 4.90. The minimum atomic E-state index is -0.403. The van der Waals surface area contributed by atoms with E-state index in [1.54, 1.807) is 26.2 Å². The highest BCUT2D eigenvalue weighted by Gasteiger charge is 2.12. The van der Waals surface area contributed by atoms with Gasteiger partial charge in [0.1, 0.15) is 18.1 Å². The van der Waals surface area contributed by atoms with E-state index < -0.39 is 4.92 Å². The fraction of sp³-hybridized carbons (Fsp3) is 0.350. The number of nitro groups is 1. The molecule has 0 aliphatic carbocycles. The molecular formula is C20H23N3O5. The van der Waals surface area contributed by atoms with Crippen molar-refractivity contribution < 1.29 is 19.1 Å². The molecule has 0 saturated carbocycles. The number of benzene rings is 2. The van der Waals surface area contributed by atoms with E-state index in [1.807, 2.05) is 29.4 Å². The number of hydrogen-bond donors (Lipinski definition) is 0. The van der Waals surface area contributed by atoms with E-state index in [0.717, 1.165) is 24.2 Å². The lowest BCUT2D eigenvalue weighted by molar-refractivity contribution is -0.385. The molecule has 8 nitrogen and oxygen atoms in total. The van der Waals surface area contributed by atoms with Crippen LogP contribution in [0.3, 0.4) is 0 Å². The van der Waals surface area contributed by atoms with Crippen molar-refractivity contribution in [3.05, 3.63) is 63.2 Å². The highest BCUT2D eigenvalue weighted by Crippen LogP contribution is 2.26. The third-order valence-corrected chi connectivity index (χ3v) is 4.42. The summed E-state index contributed by atoms with van der Waals surface area (Å²) in [5.41, 5.74) is 2.43. The number of hydrazone groups is 1. The van der Waals surface area contributed by atoms with Crippen LogP contribution in [-0.2, 0) is 11.3 Å². The third-order valence-electron chi connectivity index (χ3n) is 4.42. The molecule has 8 heteroatoms. The Morgan fingerprint density at radius 1 is 1.25 bits per heavy atom. The number of rotatable bonds is 7. The van der Waals surface area contributed by atoms with Crippen molar-refractivity contribution in [3.8, 4) is 11.5 Å². The van der Waals surface area contributed by atoms with Gasteiger partial charge in [0.05, 0.1) is 44.6 Å². The molecule has 0 N–H and O–H groups in total. The summed E-state index contributed by atoms with van der Waals surface area (Å²) < 4.78 is 16.6. The van der Waals surface area contributed by atoms with E-state index in [4.69, 9.17) is 14.2 Å². The smallest absolute Gasteiger partial charge is 0.272 e. The molecule has 2 aromatic rings. The van der Waals surface area contributed by atoms with Gasteiger partial charge in [0.15, 0.2) is 0 Å². The Bertz CT molecular complexity index is 863. The van der Waals surface area contributed by atoms with Crippen LogP contribution in [0, 0.1) is 17.0 Å².